The first-order valence-electron chi connectivity index (χ1n) is 9.43. The van der Waals surface area contributed by atoms with Gasteiger partial charge in [-0.3, -0.25) is 14.5 Å². The van der Waals surface area contributed by atoms with E-state index >= 15 is 0 Å². The van der Waals surface area contributed by atoms with Crippen molar-refractivity contribution in [3.63, 3.8) is 0 Å². The quantitative estimate of drug-likeness (QED) is 0.409. The molecule has 0 aliphatic carbocycles. The highest BCUT2D eigenvalue weighted by Crippen LogP contribution is 2.27. The summed E-state index contributed by atoms with van der Waals surface area (Å²) in [6.45, 7) is 1.91. The third-order valence-corrected chi connectivity index (χ3v) is 6.75. The number of carbonyl (C=O) groups is 1. The minimum absolute atomic E-state index is 0.0739. The van der Waals surface area contributed by atoms with E-state index < -0.39 is 15.9 Å². The topological polar surface area (TPSA) is 110 Å². The molecule has 2 aromatic heterocycles. The molecule has 2 aromatic carbocycles. The SMILES string of the molecule is Cc1ccc(NS(=O)(=O)c2ccsc2C(=O)Nc2cccc(Oc3cnccn3)c2)cc1. The van der Waals surface area contributed by atoms with Crippen LogP contribution in [0.5, 0.6) is 11.6 Å². The van der Waals surface area contributed by atoms with E-state index in [0.29, 0.717) is 23.0 Å². The van der Waals surface area contributed by atoms with Crippen molar-refractivity contribution in [2.45, 2.75) is 11.8 Å². The second kappa shape index (κ2) is 9.16. The predicted octanol–water partition coefficient (Wildman–Crippen LogP) is 4.69. The van der Waals surface area contributed by atoms with Gasteiger partial charge in [0.2, 0.25) is 5.88 Å². The van der Waals surface area contributed by atoms with E-state index in [1.807, 2.05) is 6.92 Å². The van der Waals surface area contributed by atoms with Gasteiger partial charge >= 0.3 is 0 Å². The third kappa shape index (κ3) is 5.10. The van der Waals surface area contributed by atoms with E-state index in [0.717, 1.165) is 16.9 Å². The van der Waals surface area contributed by atoms with Crippen molar-refractivity contribution in [3.05, 3.63) is 89.0 Å². The molecule has 8 nitrogen and oxygen atoms in total. The molecule has 0 saturated heterocycles. The molecule has 0 atom stereocenters. The van der Waals surface area contributed by atoms with Gasteiger partial charge in [-0.1, -0.05) is 23.8 Å². The molecule has 2 N–H and O–H groups in total. The molecule has 0 aliphatic rings. The van der Waals surface area contributed by atoms with Crippen LogP contribution in [-0.4, -0.2) is 24.3 Å². The van der Waals surface area contributed by atoms with Crippen LogP contribution in [0.4, 0.5) is 11.4 Å². The van der Waals surface area contributed by atoms with Gasteiger partial charge in [0.1, 0.15) is 15.5 Å². The molecule has 0 saturated carbocycles. The third-order valence-electron chi connectivity index (χ3n) is 4.28. The first kappa shape index (κ1) is 21.5. The molecular formula is C22H18N4O4S2. The summed E-state index contributed by atoms with van der Waals surface area (Å²) in [5, 5.41) is 4.28. The number of sulfonamides is 1. The number of carbonyl (C=O) groups excluding carboxylic acids is 1. The van der Waals surface area contributed by atoms with Crippen molar-refractivity contribution < 1.29 is 17.9 Å². The Morgan fingerprint density at radius 3 is 2.59 bits per heavy atom. The molecule has 4 aromatic rings. The van der Waals surface area contributed by atoms with Crippen molar-refractivity contribution in [3.8, 4) is 11.6 Å². The number of thiophene rings is 1. The number of aromatic nitrogens is 2. The lowest BCUT2D eigenvalue weighted by molar-refractivity contribution is 0.102. The van der Waals surface area contributed by atoms with E-state index in [9.17, 15) is 13.2 Å². The van der Waals surface area contributed by atoms with E-state index in [1.54, 1.807) is 53.9 Å². The molecule has 0 aliphatic heterocycles. The van der Waals surface area contributed by atoms with Crippen LogP contribution >= 0.6 is 11.3 Å². The van der Waals surface area contributed by atoms with Gasteiger partial charge in [0.25, 0.3) is 15.9 Å². The predicted molar refractivity (Wildman–Crippen MR) is 123 cm³/mol. The smallest absolute Gasteiger partial charge is 0.267 e. The standard InChI is InChI=1S/C22H18N4O4S2/c1-15-5-7-16(8-6-15)26-32(28,29)19-9-12-31-21(19)22(27)25-17-3-2-4-18(13-17)30-20-14-23-10-11-24-20/h2-14,26H,1H3,(H,25,27). The molecular weight excluding hydrogens is 448 g/mol. The Balaban J connectivity index is 1.51. The van der Waals surface area contributed by atoms with Crippen LogP contribution in [0.25, 0.3) is 0 Å². The number of aryl methyl sites for hydroxylation is 1. The number of amides is 1. The summed E-state index contributed by atoms with van der Waals surface area (Å²) < 4.78 is 33.9. The number of anilines is 2. The number of benzene rings is 2. The molecule has 1 amide bonds. The normalized spacial score (nSPS) is 11.0. The fourth-order valence-corrected chi connectivity index (χ4v) is 5.17. The second-order valence-electron chi connectivity index (χ2n) is 6.71. The van der Waals surface area contributed by atoms with Crippen LogP contribution in [0, 0.1) is 6.92 Å². The Labute approximate surface area is 189 Å². The Kier molecular flexibility index (Phi) is 6.15. The van der Waals surface area contributed by atoms with Gasteiger partial charge in [-0.05, 0) is 42.6 Å². The highest BCUT2D eigenvalue weighted by molar-refractivity contribution is 7.93. The zero-order valence-electron chi connectivity index (χ0n) is 16.8. The Morgan fingerprint density at radius 2 is 1.84 bits per heavy atom. The molecule has 0 radical (unpaired) electrons. The monoisotopic (exact) mass is 466 g/mol. The average molecular weight is 467 g/mol. The lowest BCUT2D eigenvalue weighted by Gasteiger charge is -2.10. The number of rotatable bonds is 7. The molecule has 32 heavy (non-hydrogen) atoms. The van der Waals surface area contributed by atoms with Crippen molar-refractivity contribution in [2.75, 3.05) is 10.0 Å². The highest BCUT2D eigenvalue weighted by atomic mass is 32.2. The molecule has 0 bridgehead atoms. The van der Waals surface area contributed by atoms with Crippen LogP contribution in [0.15, 0.2) is 83.5 Å². The summed E-state index contributed by atoms with van der Waals surface area (Å²) in [4.78, 5) is 20.8. The summed E-state index contributed by atoms with van der Waals surface area (Å²) in [6, 6.07) is 15.0. The van der Waals surface area contributed by atoms with Gasteiger partial charge in [-0.25, -0.2) is 13.4 Å². The Hall–Kier alpha value is -3.76. The maximum absolute atomic E-state index is 12.9. The van der Waals surface area contributed by atoms with Crippen LogP contribution in [0.1, 0.15) is 15.2 Å². The zero-order valence-corrected chi connectivity index (χ0v) is 18.5. The molecule has 0 spiro atoms. The number of nitrogens with one attached hydrogen (secondary N) is 2. The van der Waals surface area contributed by atoms with Gasteiger partial charge in [0, 0.05) is 29.8 Å². The maximum Gasteiger partial charge on any atom is 0.267 e. The van der Waals surface area contributed by atoms with Crippen molar-refractivity contribution in [1.29, 1.82) is 0 Å². The van der Waals surface area contributed by atoms with Gasteiger partial charge in [-0.15, -0.1) is 11.3 Å². The first-order chi connectivity index (χ1) is 15.4. The number of ether oxygens (including phenoxy) is 1. The lowest BCUT2D eigenvalue weighted by Crippen LogP contribution is -2.18. The van der Waals surface area contributed by atoms with Gasteiger partial charge in [-0.2, -0.15) is 0 Å². The number of hydrogen-bond donors (Lipinski definition) is 2. The first-order valence-corrected chi connectivity index (χ1v) is 11.8. The molecule has 0 fully saturated rings. The van der Waals surface area contributed by atoms with Crippen LogP contribution in [-0.2, 0) is 10.0 Å². The molecule has 4 rings (SSSR count). The molecule has 10 heteroatoms. The zero-order chi connectivity index (χ0) is 22.6. The Morgan fingerprint density at radius 1 is 1.03 bits per heavy atom. The van der Waals surface area contributed by atoms with Crippen LogP contribution < -0.4 is 14.8 Å². The fourth-order valence-electron chi connectivity index (χ4n) is 2.79. The maximum atomic E-state index is 12.9. The summed E-state index contributed by atoms with van der Waals surface area (Å²) in [7, 11) is -3.94. The Bertz CT molecular complexity index is 1340. The highest BCUT2D eigenvalue weighted by Gasteiger charge is 2.24. The van der Waals surface area contributed by atoms with Crippen LogP contribution in [0.3, 0.4) is 0 Å². The summed E-state index contributed by atoms with van der Waals surface area (Å²) >= 11 is 1.04. The second-order valence-corrected chi connectivity index (χ2v) is 9.28. The minimum atomic E-state index is -3.94. The van der Waals surface area contributed by atoms with Crippen LogP contribution in [0.2, 0.25) is 0 Å². The average Bonchev–Trinajstić information content (AvgIpc) is 3.28. The number of hydrogen-bond acceptors (Lipinski definition) is 7. The fraction of sp³-hybridized carbons (Fsp3) is 0.0455. The minimum Gasteiger partial charge on any atom is -0.437 e. The molecule has 162 valence electrons. The van der Waals surface area contributed by atoms with Gasteiger partial charge in [0.05, 0.1) is 6.20 Å². The van der Waals surface area contributed by atoms with Gasteiger partial charge < -0.3 is 10.1 Å². The summed E-state index contributed by atoms with van der Waals surface area (Å²) in [5.74, 6) is 0.217. The molecule has 0 unspecified atom stereocenters. The van der Waals surface area contributed by atoms with Crippen molar-refractivity contribution >= 4 is 38.6 Å². The van der Waals surface area contributed by atoms with E-state index in [2.05, 4.69) is 20.0 Å². The summed E-state index contributed by atoms with van der Waals surface area (Å²) in [6.07, 6.45) is 4.50. The lowest BCUT2D eigenvalue weighted by atomic mass is 10.2. The van der Waals surface area contributed by atoms with E-state index in [4.69, 9.17) is 4.74 Å². The number of nitrogens with zero attached hydrogens (tertiary/aromatic N) is 2. The largest absolute Gasteiger partial charge is 0.437 e. The van der Waals surface area contributed by atoms with Crippen molar-refractivity contribution in [1.82, 2.24) is 9.97 Å². The van der Waals surface area contributed by atoms with E-state index in [-0.39, 0.29) is 9.77 Å². The van der Waals surface area contributed by atoms with Gasteiger partial charge in [0.15, 0.2) is 0 Å². The van der Waals surface area contributed by atoms with E-state index in [1.165, 1.54) is 24.7 Å². The summed E-state index contributed by atoms with van der Waals surface area (Å²) in [5.41, 5.74) is 1.87. The van der Waals surface area contributed by atoms with Crippen molar-refractivity contribution in [2.24, 2.45) is 0 Å². The molecule has 2 heterocycles.